The van der Waals surface area contributed by atoms with Gasteiger partial charge in [-0.05, 0) is 32.9 Å². The lowest BCUT2D eigenvalue weighted by molar-refractivity contribution is 0.112. The molecule has 2 atom stereocenters. The number of hydrogen-bond donors (Lipinski definition) is 0. The summed E-state index contributed by atoms with van der Waals surface area (Å²) in [6, 6.07) is 0. The van der Waals surface area contributed by atoms with Crippen molar-refractivity contribution in [1.82, 2.24) is 4.67 Å². The second-order valence-electron chi connectivity index (χ2n) is 6.18. The van der Waals surface area contributed by atoms with Gasteiger partial charge in [-0.1, -0.05) is 20.8 Å². The van der Waals surface area contributed by atoms with Crippen molar-refractivity contribution in [3.63, 3.8) is 0 Å². The van der Waals surface area contributed by atoms with Crippen LogP contribution in [0.3, 0.4) is 0 Å². The molecule has 1 saturated heterocycles. The maximum Gasteiger partial charge on any atom is 0.102 e. The lowest BCUT2D eigenvalue weighted by Gasteiger charge is -2.33. The first-order chi connectivity index (χ1) is 6.12. The summed E-state index contributed by atoms with van der Waals surface area (Å²) in [5, 5.41) is 0. The Morgan fingerprint density at radius 3 is 1.86 bits per heavy atom. The Balaban J connectivity index is 2.70. The van der Waals surface area contributed by atoms with Gasteiger partial charge in [0.05, 0.1) is 6.10 Å². The van der Waals surface area contributed by atoms with Gasteiger partial charge in [-0.3, -0.25) is 4.67 Å². The van der Waals surface area contributed by atoms with Gasteiger partial charge in [-0.2, -0.15) is 0 Å². The molecule has 0 bridgehead atoms. The SMILES string of the molecule is CP1OC(C(C)(C)C)CN1C(C)(C)C. The van der Waals surface area contributed by atoms with E-state index >= 15 is 0 Å². The first-order valence-electron chi connectivity index (χ1n) is 5.30. The molecule has 1 rings (SSSR count). The Bertz CT molecular complexity index is 204. The lowest BCUT2D eigenvalue weighted by atomic mass is 9.89. The van der Waals surface area contributed by atoms with E-state index in [0.717, 1.165) is 6.54 Å². The predicted molar refractivity (Wildman–Crippen MR) is 63.6 cm³/mol. The van der Waals surface area contributed by atoms with Crippen LogP contribution in [0.4, 0.5) is 0 Å². The van der Waals surface area contributed by atoms with E-state index in [1.807, 2.05) is 0 Å². The van der Waals surface area contributed by atoms with Crippen LogP contribution in [-0.4, -0.2) is 29.5 Å². The molecule has 1 aliphatic rings. The Morgan fingerprint density at radius 2 is 1.64 bits per heavy atom. The first-order valence-corrected chi connectivity index (χ1v) is 6.96. The molecule has 0 spiro atoms. The van der Waals surface area contributed by atoms with E-state index in [1.54, 1.807) is 0 Å². The van der Waals surface area contributed by atoms with Crippen LogP contribution in [0.25, 0.3) is 0 Å². The predicted octanol–water partition coefficient (Wildman–Crippen LogP) is 3.47. The summed E-state index contributed by atoms with van der Waals surface area (Å²) in [5.74, 6) is 0. The number of nitrogens with zero attached hydrogens (tertiary/aromatic N) is 1. The number of hydrogen-bond acceptors (Lipinski definition) is 2. The van der Waals surface area contributed by atoms with Crippen LogP contribution in [0, 0.1) is 5.41 Å². The molecule has 0 aromatic heterocycles. The van der Waals surface area contributed by atoms with Crippen molar-refractivity contribution in [3.05, 3.63) is 0 Å². The minimum absolute atomic E-state index is 0.237. The highest BCUT2D eigenvalue weighted by Gasteiger charge is 2.41. The molecule has 0 radical (unpaired) electrons. The van der Waals surface area contributed by atoms with Crippen molar-refractivity contribution in [2.24, 2.45) is 5.41 Å². The Kier molecular flexibility index (Phi) is 3.31. The molecule has 14 heavy (non-hydrogen) atoms. The maximum absolute atomic E-state index is 6.06. The standard InChI is InChI=1S/C11H24NOP/c1-10(2,3)9-8-12(11(4,5)6)14(7)13-9/h9H,8H2,1-7H3. The van der Waals surface area contributed by atoms with Crippen LogP contribution in [0.1, 0.15) is 41.5 Å². The topological polar surface area (TPSA) is 12.5 Å². The Morgan fingerprint density at radius 1 is 1.14 bits per heavy atom. The quantitative estimate of drug-likeness (QED) is 0.576. The highest BCUT2D eigenvalue weighted by molar-refractivity contribution is 7.49. The molecular weight excluding hydrogens is 193 g/mol. The van der Waals surface area contributed by atoms with Crippen molar-refractivity contribution < 1.29 is 4.52 Å². The fraction of sp³-hybridized carbons (Fsp3) is 1.00. The maximum atomic E-state index is 6.06. The number of rotatable bonds is 0. The summed E-state index contributed by atoms with van der Waals surface area (Å²) in [6.07, 6.45) is 0.387. The zero-order chi connectivity index (χ0) is 11.1. The summed E-state index contributed by atoms with van der Waals surface area (Å²) in [4.78, 5) is 0. The minimum Gasteiger partial charge on any atom is -0.339 e. The van der Waals surface area contributed by atoms with E-state index in [9.17, 15) is 0 Å². The smallest absolute Gasteiger partial charge is 0.102 e. The fourth-order valence-corrected chi connectivity index (χ4v) is 3.76. The van der Waals surface area contributed by atoms with Crippen LogP contribution in [0.15, 0.2) is 0 Å². The molecule has 3 heteroatoms. The molecule has 0 amide bonds. The summed E-state index contributed by atoms with van der Waals surface area (Å²) >= 11 is 0. The van der Waals surface area contributed by atoms with Crippen molar-refractivity contribution in [2.75, 3.05) is 13.2 Å². The van der Waals surface area contributed by atoms with Crippen molar-refractivity contribution in [2.45, 2.75) is 53.2 Å². The van der Waals surface area contributed by atoms with E-state index in [0.29, 0.717) is 6.10 Å². The molecule has 0 aromatic carbocycles. The van der Waals surface area contributed by atoms with Gasteiger partial charge in [0.2, 0.25) is 0 Å². The lowest BCUT2D eigenvalue weighted by Crippen LogP contribution is -2.39. The molecule has 2 nitrogen and oxygen atoms in total. The molecule has 0 aliphatic carbocycles. The molecule has 1 fully saturated rings. The third-order valence-corrected chi connectivity index (χ3v) is 4.70. The average Bonchev–Trinajstić information content (AvgIpc) is 2.27. The molecule has 2 unspecified atom stereocenters. The Hall–Kier alpha value is 0.350. The Labute approximate surface area is 89.9 Å². The van der Waals surface area contributed by atoms with E-state index in [1.165, 1.54) is 0 Å². The zero-order valence-electron chi connectivity index (χ0n) is 10.6. The monoisotopic (exact) mass is 217 g/mol. The fourth-order valence-electron chi connectivity index (χ4n) is 1.67. The highest BCUT2D eigenvalue weighted by atomic mass is 31.2. The summed E-state index contributed by atoms with van der Waals surface area (Å²) in [6.45, 7) is 16.9. The third-order valence-electron chi connectivity index (χ3n) is 2.70. The van der Waals surface area contributed by atoms with Crippen LogP contribution >= 0.6 is 8.30 Å². The van der Waals surface area contributed by atoms with Crippen LogP contribution in [0.5, 0.6) is 0 Å². The molecule has 1 heterocycles. The van der Waals surface area contributed by atoms with Gasteiger partial charge in [0.1, 0.15) is 8.30 Å². The van der Waals surface area contributed by atoms with E-state index in [-0.39, 0.29) is 19.3 Å². The first kappa shape index (κ1) is 12.4. The molecule has 0 aromatic rings. The van der Waals surface area contributed by atoms with Gasteiger partial charge >= 0.3 is 0 Å². The van der Waals surface area contributed by atoms with E-state index in [2.05, 4.69) is 52.9 Å². The summed E-state index contributed by atoms with van der Waals surface area (Å²) in [7, 11) is -0.387. The molecule has 0 N–H and O–H groups in total. The molecule has 0 saturated carbocycles. The molecule has 1 aliphatic heterocycles. The van der Waals surface area contributed by atoms with Gasteiger partial charge < -0.3 is 4.52 Å². The van der Waals surface area contributed by atoms with Gasteiger partial charge in [-0.15, -0.1) is 0 Å². The van der Waals surface area contributed by atoms with Crippen LogP contribution in [-0.2, 0) is 4.52 Å². The zero-order valence-corrected chi connectivity index (χ0v) is 11.5. The highest BCUT2D eigenvalue weighted by Crippen LogP contribution is 2.52. The second kappa shape index (κ2) is 3.73. The summed E-state index contributed by atoms with van der Waals surface area (Å²) in [5.41, 5.74) is 0.497. The van der Waals surface area contributed by atoms with Crippen molar-refractivity contribution >= 4 is 8.30 Å². The second-order valence-corrected chi connectivity index (χ2v) is 7.80. The largest absolute Gasteiger partial charge is 0.339 e. The van der Waals surface area contributed by atoms with Crippen molar-refractivity contribution in [1.29, 1.82) is 0 Å². The summed E-state index contributed by atoms with van der Waals surface area (Å²) < 4.78 is 8.55. The minimum atomic E-state index is -0.387. The third kappa shape index (κ3) is 2.68. The molecular formula is C11H24NOP. The van der Waals surface area contributed by atoms with Crippen LogP contribution in [0.2, 0.25) is 0 Å². The van der Waals surface area contributed by atoms with E-state index < -0.39 is 0 Å². The van der Waals surface area contributed by atoms with E-state index in [4.69, 9.17) is 4.52 Å². The van der Waals surface area contributed by atoms with Gasteiger partial charge in [0.15, 0.2) is 0 Å². The van der Waals surface area contributed by atoms with Gasteiger partial charge in [0.25, 0.3) is 0 Å². The molecule has 84 valence electrons. The van der Waals surface area contributed by atoms with Gasteiger partial charge in [0, 0.05) is 12.1 Å². The van der Waals surface area contributed by atoms with Gasteiger partial charge in [-0.25, -0.2) is 0 Å². The van der Waals surface area contributed by atoms with Crippen LogP contribution < -0.4 is 0 Å². The normalized spacial score (nSPS) is 31.1. The van der Waals surface area contributed by atoms with Crippen molar-refractivity contribution in [3.8, 4) is 0 Å². The average molecular weight is 217 g/mol.